The Bertz CT molecular complexity index is 215. The first-order chi connectivity index (χ1) is 6.22. The number of aliphatic hydroxyl groups excluding tert-OH is 1. The normalized spacial score (nSPS) is 33.8. The summed E-state index contributed by atoms with van der Waals surface area (Å²) >= 11 is 0. The second-order valence-electron chi connectivity index (χ2n) is 4.13. The summed E-state index contributed by atoms with van der Waals surface area (Å²) in [6, 6.07) is 0. The molecule has 1 saturated heterocycles. The van der Waals surface area contributed by atoms with Gasteiger partial charge in [0.2, 0.25) is 0 Å². The van der Waals surface area contributed by atoms with Crippen molar-refractivity contribution in [1.29, 1.82) is 0 Å². The largest absolute Gasteiger partial charge is 0.465 e. The number of hydrogen-bond donors (Lipinski definition) is 2. The SMILES string of the molecule is O=C(O)N1C[C@H](CO)[C@@H](C2CC2)C1. The average Bonchev–Trinajstić information content (AvgIpc) is 2.84. The highest BCUT2D eigenvalue weighted by molar-refractivity contribution is 5.65. The minimum Gasteiger partial charge on any atom is -0.465 e. The molecule has 0 radical (unpaired) electrons. The Hall–Kier alpha value is -0.770. The molecule has 0 aromatic heterocycles. The van der Waals surface area contributed by atoms with Gasteiger partial charge in [0.15, 0.2) is 0 Å². The zero-order valence-corrected chi connectivity index (χ0v) is 7.52. The number of amides is 1. The topological polar surface area (TPSA) is 60.8 Å². The maximum absolute atomic E-state index is 10.7. The summed E-state index contributed by atoms with van der Waals surface area (Å²) < 4.78 is 0. The molecule has 0 aromatic carbocycles. The Morgan fingerprint density at radius 3 is 2.54 bits per heavy atom. The highest BCUT2D eigenvalue weighted by Crippen LogP contribution is 2.43. The average molecular weight is 185 g/mol. The van der Waals surface area contributed by atoms with Gasteiger partial charge in [-0.3, -0.25) is 0 Å². The van der Waals surface area contributed by atoms with Crippen LogP contribution in [-0.4, -0.2) is 40.9 Å². The third kappa shape index (κ3) is 1.63. The number of aliphatic hydroxyl groups is 1. The molecule has 2 N–H and O–H groups in total. The fraction of sp³-hybridized carbons (Fsp3) is 0.889. The molecule has 4 nitrogen and oxygen atoms in total. The number of carbonyl (C=O) groups is 1. The third-order valence-corrected chi connectivity index (χ3v) is 3.22. The molecule has 2 fully saturated rings. The van der Waals surface area contributed by atoms with Crippen LogP contribution in [0, 0.1) is 17.8 Å². The zero-order chi connectivity index (χ0) is 9.42. The number of carboxylic acid groups (broad SMARTS) is 1. The minimum atomic E-state index is -0.846. The summed E-state index contributed by atoms with van der Waals surface area (Å²) in [7, 11) is 0. The number of hydrogen-bond acceptors (Lipinski definition) is 2. The molecule has 2 aliphatic rings. The number of rotatable bonds is 2. The molecule has 1 saturated carbocycles. The van der Waals surface area contributed by atoms with Gasteiger partial charge in [-0.25, -0.2) is 4.79 Å². The second-order valence-corrected chi connectivity index (χ2v) is 4.13. The lowest BCUT2D eigenvalue weighted by molar-refractivity contribution is 0.150. The van der Waals surface area contributed by atoms with Gasteiger partial charge < -0.3 is 15.1 Å². The van der Waals surface area contributed by atoms with Crippen molar-refractivity contribution in [3.05, 3.63) is 0 Å². The summed E-state index contributed by atoms with van der Waals surface area (Å²) in [5.41, 5.74) is 0. The summed E-state index contributed by atoms with van der Waals surface area (Å²) in [6.07, 6.45) is 1.59. The molecule has 2 rings (SSSR count). The van der Waals surface area contributed by atoms with Crippen molar-refractivity contribution in [3.8, 4) is 0 Å². The summed E-state index contributed by atoms with van der Waals surface area (Å²) in [6.45, 7) is 1.28. The van der Waals surface area contributed by atoms with E-state index in [9.17, 15) is 4.79 Å². The lowest BCUT2D eigenvalue weighted by atomic mass is 9.92. The van der Waals surface area contributed by atoms with E-state index >= 15 is 0 Å². The standard InChI is InChI=1S/C9H15NO3/c11-5-7-3-10(9(12)13)4-8(7)6-1-2-6/h6-8,11H,1-5H2,(H,12,13)/t7-,8-/m1/s1. The number of nitrogens with zero attached hydrogens (tertiary/aromatic N) is 1. The van der Waals surface area contributed by atoms with Crippen LogP contribution in [0.5, 0.6) is 0 Å². The molecule has 1 amide bonds. The predicted molar refractivity (Wildman–Crippen MR) is 46.4 cm³/mol. The van der Waals surface area contributed by atoms with Gasteiger partial charge in [0.05, 0.1) is 0 Å². The Labute approximate surface area is 77.2 Å². The maximum Gasteiger partial charge on any atom is 0.407 e. The highest BCUT2D eigenvalue weighted by atomic mass is 16.4. The van der Waals surface area contributed by atoms with E-state index in [-0.39, 0.29) is 12.5 Å². The van der Waals surface area contributed by atoms with Crippen LogP contribution in [0.15, 0.2) is 0 Å². The number of likely N-dealkylation sites (tertiary alicyclic amines) is 1. The van der Waals surface area contributed by atoms with Crippen LogP contribution < -0.4 is 0 Å². The van der Waals surface area contributed by atoms with Gasteiger partial charge in [0, 0.05) is 25.6 Å². The minimum absolute atomic E-state index is 0.130. The van der Waals surface area contributed by atoms with Gasteiger partial charge in [-0.05, 0) is 24.7 Å². The Balaban J connectivity index is 1.98. The fourth-order valence-electron chi connectivity index (χ4n) is 2.30. The van der Waals surface area contributed by atoms with Crippen molar-refractivity contribution in [2.45, 2.75) is 12.8 Å². The van der Waals surface area contributed by atoms with E-state index in [0.717, 1.165) is 0 Å². The van der Waals surface area contributed by atoms with Crippen molar-refractivity contribution in [3.63, 3.8) is 0 Å². The zero-order valence-electron chi connectivity index (χ0n) is 7.52. The lowest BCUT2D eigenvalue weighted by Crippen LogP contribution is -2.27. The van der Waals surface area contributed by atoms with E-state index in [1.54, 1.807) is 0 Å². The van der Waals surface area contributed by atoms with Crippen LogP contribution in [-0.2, 0) is 0 Å². The third-order valence-electron chi connectivity index (χ3n) is 3.22. The van der Waals surface area contributed by atoms with Crippen LogP contribution in [0.1, 0.15) is 12.8 Å². The molecule has 4 heteroatoms. The Kier molecular flexibility index (Phi) is 2.15. The molecule has 0 spiro atoms. The lowest BCUT2D eigenvalue weighted by Gasteiger charge is -2.13. The van der Waals surface area contributed by atoms with Crippen molar-refractivity contribution < 1.29 is 15.0 Å². The molecule has 1 aliphatic heterocycles. The fourth-order valence-corrected chi connectivity index (χ4v) is 2.30. The smallest absolute Gasteiger partial charge is 0.407 e. The Morgan fingerprint density at radius 2 is 2.08 bits per heavy atom. The van der Waals surface area contributed by atoms with E-state index < -0.39 is 6.09 Å². The molecule has 0 unspecified atom stereocenters. The van der Waals surface area contributed by atoms with E-state index in [2.05, 4.69) is 0 Å². The molecule has 2 atom stereocenters. The quantitative estimate of drug-likeness (QED) is 0.662. The molecule has 1 aliphatic carbocycles. The summed E-state index contributed by atoms with van der Waals surface area (Å²) in [5, 5.41) is 17.9. The second kappa shape index (κ2) is 3.18. The predicted octanol–water partition coefficient (Wildman–Crippen LogP) is 0.615. The van der Waals surface area contributed by atoms with E-state index in [0.29, 0.717) is 24.9 Å². The van der Waals surface area contributed by atoms with E-state index in [1.807, 2.05) is 0 Å². The maximum atomic E-state index is 10.7. The van der Waals surface area contributed by atoms with Crippen LogP contribution >= 0.6 is 0 Å². The molecule has 0 bridgehead atoms. The molecular formula is C9H15NO3. The van der Waals surface area contributed by atoms with Crippen molar-refractivity contribution in [1.82, 2.24) is 4.90 Å². The van der Waals surface area contributed by atoms with Crippen molar-refractivity contribution in [2.75, 3.05) is 19.7 Å². The van der Waals surface area contributed by atoms with Crippen LogP contribution in [0.3, 0.4) is 0 Å². The van der Waals surface area contributed by atoms with Crippen LogP contribution in [0.4, 0.5) is 4.79 Å². The molecule has 1 heterocycles. The van der Waals surface area contributed by atoms with Gasteiger partial charge in [-0.2, -0.15) is 0 Å². The van der Waals surface area contributed by atoms with Crippen molar-refractivity contribution >= 4 is 6.09 Å². The van der Waals surface area contributed by atoms with Crippen LogP contribution in [0.2, 0.25) is 0 Å². The van der Waals surface area contributed by atoms with Gasteiger partial charge in [-0.15, -0.1) is 0 Å². The first kappa shape index (κ1) is 8.81. The van der Waals surface area contributed by atoms with Gasteiger partial charge in [0.1, 0.15) is 0 Å². The highest BCUT2D eigenvalue weighted by Gasteiger charge is 2.43. The van der Waals surface area contributed by atoms with E-state index in [1.165, 1.54) is 17.7 Å². The molecular weight excluding hydrogens is 170 g/mol. The van der Waals surface area contributed by atoms with Crippen LogP contribution in [0.25, 0.3) is 0 Å². The van der Waals surface area contributed by atoms with E-state index in [4.69, 9.17) is 10.2 Å². The Morgan fingerprint density at radius 1 is 1.38 bits per heavy atom. The summed E-state index contributed by atoms with van der Waals surface area (Å²) in [4.78, 5) is 12.1. The first-order valence-electron chi connectivity index (χ1n) is 4.81. The molecule has 13 heavy (non-hydrogen) atoms. The molecule has 74 valence electrons. The van der Waals surface area contributed by atoms with Gasteiger partial charge in [-0.1, -0.05) is 0 Å². The first-order valence-corrected chi connectivity index (χ1v) is 4.81. The van der Waals surface area contributed by atoms with Gasteiger partial charge >= 0.3 is 6.09 Å². The van der Waals surface area contributed by atoms with Gasteiger partial charge in [0.25, 0.3) is 0 Å². The van der Waals surface area contributed by atoms with Crippen molar-refractivity contribution in [2.24, 2.45) is 17.8 Å². The summed E-state index contributed by atoms with van der Waals surface area (Å²) in [5.74, 6) is 1.28. The monoisotopic (exact) mass is 185 g/mol. The molecule has 0 aromatic rings.